The van der Waals surface area contributed by atoms with Crippen LogP contribution in [0, 0.1) is 81.8 Å². The van der Waals surface area contributed by atoms with E-state index >= 15 is 0 Å². The third-order valence-electron chi connectivity index (χ3n) is 21.5. The molecular formula is C56H76N6O6. The van der Waals surface area contributed by atoms with Gasteiger partial charge in [0, 0.05) is 31.3 Å². The number of hydrogen-bond donors (Lipinski definition) is 2. The molecule has 8 aliphatic rings. The number of nitrogens with zero attached hydrogens (tertiary/aromatic N) is 6. The SMILES string of the molecule is COC[C@@]1(O)CC[C@H]2[C@H](CC[C@@H]3[C@@H]2CC[C@]2(C)[C@@H](C(=O)Cn4cc5ncc(COC[C@@]6(O)CC[C@H]7[C@H](CC[C@@H]8[C@@H]7CC[C@]7(C)[C@@H](C(=O)Cn9ncc%10ncccc%109)CC[C@@H]87)C6)cc5n4)CC[C@@H]32)C1. The Morgan fingerprint density at radius 2 is 1.29 bits per heavy atom. The summed E-state index contributed by atoms with van der Waals surface area (Å²) in [5.41, 5.74) is 2.88. The molecule has 4 aromatic rings. The number of pyridine rings is 2. The molecule has 0 aliphatic heterocycles. The van der Waals surface area contributed by atoms with Gasteiger partial charge in [-0.3, -0.25) is 28.9 Å². The Morgan fingerprint density at radius 3 is 1.94 bits per heavy atom. The molecule has 68 heavy (non-hydrogen) atoms. The second kappa shape index (κ2) is 17.3. The molecular weight excluding hydrogens is 853 g/mol. The van der Waals surface area contributed by atoms with Crippen molar-refractivity contribution < 1.29 is 29.3 Å². The second-order valence-corrected chi connectivity index (χ2v) is 24.8. The molecule has 0 spiro atoms. The Hall–Kier alpha value is -3.58. The number of aromatic nitrogens is 6. The van der Waals surface area contributed by atoms with Crippen LogP contribution < -0.4 is 0 Å². The van der Waals surface area contributed by atoms with Gasteiger partial charge >= 0.3 is 0 Å². The van der Waals surface area contributed by atoms with E-state index in [9.17, 15) is 19.8 Å². The predicted octanol–water partition coefficient (Wildman–Crippen LogP) is 9.18. The maximum absolute atomic E-state index is 14.2. The van der Waals surface area contributed by atoms with Gasteiger partial charge in [0.05, 0.1) is 55.5 Å². The molecule has 0 bridgehead atoms. The fourth-order valence-electron chi connectivity index (χ4n) is 18.6. The Kier molecular flexibility index (Phi) is 11.6. The van der Waals surface area contributed by atoms with Gasteiger partial charge in [-0.15, -0.1) is 0 Å². The zero-order valence-corrected chi connectivity index (χ0v) is 40.9. The summed E-state index contributed by atoms with van der Waals surface area (Å²) in [5.74, 6) is 7.25. The Morgan fingerprint density at radius 1 is 0.676 bits per heavy atom. The van der Waals surface area contributed by atoms with E-state index in [-0.39, 0.29) is 29.2 Å². The molecule has 4 aromatic heterocycles. The van der Waals surface area contributed by atoms with Gasteiger partial charge in [0.1, 0.15) is 23.1 Å². The van der Waals surface area contributed by atoms with E-state index in [1.807, 2.05) is 40.0 Å². The number of aliphatic hydroxyl groups is 2. The summed E-state index contributed by atoms with van der Waals surface area (Å²) >= 11 is 0. The van der Waals surface area contributed by atoms with Gasteiger partial charge in [-0.2, -0.15) is 10.2 Å². The first kappa shape index (κ1) is 45.6. The third kappa shape index (κ3) is 7.74. The monoisotopic (exact) mass is 929 g/mol. The highest BCUT2D eigenvalue weighted by Crippen LogP contribution is 2.66. The number of methoxy groups -OCH3 is 1. The standard InChI is InChI=1S/C56H76N6O6/c1-53-18-14-39-37-16-20-55(65,32-67-3)24-35(37)6-8-41(39)43(53)10-12-45(53)51(63)29-61-28-49-47(60-61)23-34(26-58-49)31-68-33-56(66)21-17-38-36(25-56)7-9-42-40(38)15-19-54(2)44(42)11-13-46(54)52(64)30-62-50-5-4-22-57-48(50)27-59-62/h4-5,22-23,26-28,35-46,65-66H,6-21,24-25,29-33H2,1-3H3/t35-,36-,37+,38+,39-,40-,41-,42-,43+,44+,45-,46-,53+,54+,55-,56-/m1/s1. The first-order chi connectivity index (χ1) is 32.8. The fourth-order valence-corrected chi connectivity index (χ4v) is 18.6. The van der Waals surface area contributed by atoms with Crippen molar-refractivity contribution in [3.05, 3.63) is 48.5 Å². The molecule has 12 nitrogen and oxygen atoms in total. The van der Waals surface area contributed by atoms with Crippen molar-refractivity contribution in [2.24, 2.45) is 81.8 Å². The molecule has 0 aromatic carbocycles. The summed E-state index contributed by atoms with van der Waals surface area (Å²) < 4.78 is 15.4. The van der Waals surface area contributed by atoms with Crippen LogP contribution in [0.4, 0.5) is 0 Å². The smallest absolute Gasteiger partial charge is 0.157 e. The van der Waals surface area contributed by atoms with Crippen molar-refractivity contribution in [1.29, 1.82) is 0 Å². The lowest BCUT2D eigenvalue weighted by Crippen LogP contribution is -2.52. The molecule has 16 atom stereocenters. The normalized spacial score (nSPS) is 41.9. The van der Waals surface area contributed by atoms with Crippen LogP contribution in [0.3, 0.4) is 0 Å². The summed E-state index contributed by atoms with van der Waals surface area (Å²) in [5, 5.41) is 32.6. The van der Waals surface area contributed by atoms with E-state index < -0.39 is 11.2 Å². The van der Waals surface area contributed by atoms with E-state index in [2.05, 4.69) is 23.9 Å². The van der Waals surface area contributed by atoms with Crippen LogP contribution in [0.2, 0.25) is 0 Å². The molecule has 12 heteroatoms. The fraction of sp³-hybridized carbons (Fsp3) is 0.750. The van der Waals surface area contributed by atoms with E-state index in [1.54, 1.807) is 19.5 Å². The second-order valence-electron chi connectivity index (χ2n) is 24.8. The number of ketones is 2. The molecule has 8 saturated carbocycles. The summed E-state index contributed by atoms with van der Waals surface area (Å²) in [6.07, 6.45) is 26.5. The third-order valence-corrected chi connectivity index (χ3v) is 21.5. The van der Waals surface area contributed by atoms with Crippen LogP contribution in [0.15, 0.2) is 43.0 Å². The van der Waals surface area contributed by atoms with Crippen molar-refractivity contribution in [2.45, 2.75) is 160 Å². The van der Waals surface area contributed by atoms with Crippen molar-refractivity contribution in [3.8, 4) is 0 Å². The van der Waals surface area contributed by atoms with E-state index in [1.165, 1.54) is 32.1 Å². The molecule has 2 N–H and O–H groups in total. The molecule has 12 rings (SSSR count). The van der Waals surface area contributed by atoms with E-state index in [0.29, 0.717) is 91.2 Å². The van der Waals surface area contributed by atoms with Crippen LogP contribution in [0.5, 0.6) is 0 Å². The number of ether oxygens (including phenoxy) is 2. The minimum absolute atomic E-state index is 0.0477. The van der Waals surface area contributed by atoms with Gasteiger partial charge < -0.3 is 19.7 Å². The maximum Gasteiger partial charge on any atom is 0.157 e. The lowest BCUT2D eigenvalue weighted by molar-refractivity contribution is -0.139. The molecule has 0 radical (unpaired) electrons. The highest BCUT2D eigenvalue weighted by molar-refractivity contribution is 5.84. The highest BCUT2D eigenvalue weighted by Gasteiger charge is 2.61. The van der Waals surface area contributed by atoms with Crippen molar-refractivity contribution >= 4 is 33.6 Å². The van der Waals surface area contributed by atoms with Gasteiger partial charge in [-0.25, -0.2) is 0 Å². The molecule has 8 aliphatic carbocycles. The van der Waals surface area contributed by atoms with Gasteiger partial charge in [-0.05, 0) is 209 Å². The number of Topliss-reactive ketones (excluding diaryl/α,β-unsaturated/α-hetero) is 2. The Balaban J connectivity index is 0.624. The number of hydrogen-bond acceptors (Lipinski definition) is 10. The first-order valence-electron chi connectivity index (χ1n) is 27.0. The quantitative estimate of drug-likeness (QED) is 0.141. The van der Waals surface area contributed by atoms with Crippen LogP contribution in [-0.4, -0.2) is 82.8 Å². The molecule has 0 amide bonds. The van der Waals surface area contributed by atoms with Gasteiger partial charge in [0.2, 0.25) is 0 Å². The summed E-state index contributed by atoms with van der Waals surface area (Å²) in [4.78, 5) is 37.3. The minimum Gasteiger partial charge on any atom is -0.387 e. The first-order valence-corrected chi connectivity index (χ1v) is 27.0. The Bertz CT molecular complexity index is 2540. The lowest BCUT2D eigenvalue weighted by Gasteiger charge is -2.57. The van der Waals surface area contributed by atoms with Crippen molar-refractivity contribution in [2.75, 3.05) is 20.3 Å². The molecule has 4 heterocycles. The molecule has 0 unspecified atom stereocenters. The van der Waals surface area contributed by atoms with E-state index in [0.717, 1.165) is 117 Å². The largest absolute Gasteiger partial charge is 0.387 e. The average Bonchev–Trinajstić information content (AvgIpc) is 4.10. The zero-order chi connectivity index (χ0) is 46.6. The van der Waals surface area contributed by atoms with Crippen LogP contribution in [0.1, 0.15) is 135 Å². The zero-order valence-electron chi connectivity index (χ0n) is 40.9. The molecule has 0 saturated heterocycles. The number of fused-ring (bicyclic) bond motifs is 12. The van der Waals surface area contributed by atoms with Crippen LogP contribution >= 0.6 is 0 Å². The topological polar surface area (TPSA) is 154 Å². The Labute approximate surface area is 402 Å². The molecule has 8 fully saturated rings. The van der Waals surface area contributed by atoms with Crippen LogP contribution in [-0.2, 0) is 38.8 Å². The minimum atomic E-state index is -0.824. The van der Waals surface area contributed by atoms with Gasteiger partial charge in [-0.1, -0.05) is 13.8 Å². The number of rotatable bonds is 12. The van der Waals surface area contributed by atoms with Gasteiger partial charge in [0.15, 0.2) is 11.6 Å². The summed E-state index contributed by atoms with van der Waals surface area (Å²) in [7, 11) is 1.70. The maximum atomic E-state index is 14.2. The van der Waals surface area contributed by atoms with E-state index in [4.69, 9.17) is 19.6 Å². The van der Waals surface area contributed by atoms with Gasteiger partial charge in [0.25, 0.3) is 0 Å². The predicted molar refractivity (Wildman–Crippen MR) is 258 cm³/mol. The average molecular weight is 929 g/mol. The lowest BCUT2D eigenvalue weighted by atomic mass is 9.49. The molecule has 366 valence electrons. The summed E-state index contributed by atoms with van der Waals surface area (Å²) in [6.45, 7) is 6.60. The highest BCUT2D eigenvalue weighted by atomic mass is 16.5. The van der Waals surface area contributed by atoms with Crippen molar-refractivity contribution in [1.82, 2.24) is 29.5 Å². The van der Waals surface area contributed by atoms with Crippen LogP contribution in [0.25, 0.3) is 22.1 Å². The number of carbonyl (C=O) groups excluding carboxylic acids is 2. The summed E-state index contributed by atoms with van der Waals surface area (Å²) in [6, 6.07) is 5.95. The van der Waals surface area contributed by atoms with Crippen molar-refractivity contribution in [3.63, 3.8) is 0 Å². The number of carbonyl (C=O) groups is 2.